The highest BCUT2D eigenvalue weighted by atomic mass is 32.2. The van der Waals surface area contributed by atoms with Crippen LogP contribution in [-0.4, -0.2) is 70.1 Å². The molecule has 244 valence electrons. The van der Waals surface area contributed by atoms with Crippen LogP contribution in [0.3, 0.4) is 0 Å². The summed E-state index contributed by atoms with van der Waals surface area (Å²) >= 11 is 1.29. The van der Waals surface area contributed by atoms with Gasteiger partial charge in [0.1, 0.15) is 5.69 Å². The minimum atomic E-state index is -0.339. The van der Waals surface area contributed by atoms with Crippen LogP contribution in [0.2, 0.25) is 0 Å². The van der Waals surface area contributed by atoms with E-state index in [9.17, 15) is 9.59 Å². The number of methoxy groups -OCH3 is 1. The average Bonchev–Trinajstić information content (AvgIpc) is 2.97. The molecule has 0 aliphatic rings. The van der Waals surface area contributed by atoms with Gasteiger partial charge in [0, 0.05) is 23.1 Å². The third-order valence-electron chi connectivity index (χ3n) is 5.50. The van der Waals surface area contributed by atoms with E-state index in [1.807, 2.05) is 66.7 Å². The molecule has 16 nitrogen and oxygen atoms in total. The number of nitrogens with zero attached hydrogens (tertiary/aromatic N) is 9. The molecule has 4 rings (SSSR count). The first kappa shape index (κ1) is 36.4. The Morgan fingerprint density at radius 2 is 1.38 bits per heavy atom. The predicted octanol–water partition coefficient (Wildman–Crippen LogP) is 2.22. The Balaban J connectivity index is 0.000000236. The number of thioether (sulfide) groups is 1. The minimum Gasteiger partial charge on any atom is -0.467 e. The zero-order valence-corrected chi connectivity index (χ0v) is 28.2. The summed E-state index contributed by atoms with van der Waals surface area (Å²) in [5.74, 6) is 12.5. The molecule has 17 heteroatoms. The van der Waals surface area contributed by atoms with Crippen LogP contribution in [-0.2, 0) is 5.41 Å². The highest BCUT2D eigenvalue weighted by Gasteiger charge is 2.22. The summed E-state index contributed by atoms with van der Waals surface area (Å²) in [6.45, 7) is 15.4. The number of benzene rings is 1. The topological polar surface area (TPSA) is 220 Å². The lowest BCUT2D eigenvalue weighted by Crippen LogP contribution is -2.37. The summed E-state index contributed by atoms with van der Waals surface area (Å²) < 4.78 is 7.05. The number of aromatic nitrogens is 9. The second-order valence-corrected chi connectivity index (χ2v) is 11.9. The molecular formula is C28H43N13O3S. The number of hydrogen-bond donors (Lipinski definition) is 4. The van der Waals surface area contributed by atoms with Gasteiger partial charge in [-0.2, -0.15) is 19.6 Å². The van der Waals surface area contributed by atoms with Crippen LogP contribution in [0.1, 0.15) is 60.0 Å². The predicted molar refractivity (Wildman–Crippen MR) is 177 cm³/mol. The van der Waals surface area contributed by atoms with E-state index in [4.69, 9.17) is 16.4 Å². The van der Waals surface area contributed by atoms with Gasteiger partial charge in [-0.25, -0.2) is 4.68 Å². The van der Waals surface area contributed by atoms with Crippen molar-refractivity contribution in [1.82, 2.24) is 44.7 Å². The van der Waals surface area contributed by atoms with Gasteiger partial charge in [-0.15, -0.1) is 20.4 Å². The van der Waals surface area contributed by atoms with Gasteiger partial charge in [-0.05, 0) is 40.9 Å². The second-order valence-electron chi connectivity index (χ2n) is 11.2. The Kier molecular flexibility index (Phi) is 13.2. The maximum Gasteiger partial charge on any atom is 0.322 e. The van der Waals surface area contributed by atoms with Crippen molar-refractivity contribution in [2.75, 3.05) is 35.7 Å². The first-order valence-corrected chi connectivity index (χ1v) is 15.2. The normalized spacial score (nSPS) is 10.8. The van der Waals surface area contributed by atoms with Crippen LogP contribution in [0.15, 0.2) is 45.1 Å². The lowest BCUT2D eigenvalue weighted by molar-refractivity contribution is 0.379. The zero-order chi connectivity index (χ0) is 33.9. The van der Waals surface area contributed by atoms with Crippen molar-refractivity contribution in [3.63, 3.8) is 0 Å². The Hall–Kier alpha value is -4.80. The van der Waals surface area contributed by atoms with Gasteiger partial charge in [0.15, 0.2) is 11.5 Å². The molecule has 0 saturated heterocycles. The number of nitrogens with two attached hydrogens (primary N) is 2. The van der Waals surface area contributed by atoms with E-state index in [2.05, 4.69) is 46.0 Å². The van der Waals surface area contributed by atoms with Gasteiger partial charge in [-0.3, -0.25) is 9.59 Å². The van der Waals surface area contributed by atoms with Crippen LogP contribution >= 0.6 is 11.8 Å². The molecule has 45 heavy (non-hydrogen) atoms. The fourth-order valence-electron chi connectivity index (χ4n) is 3.34. The molecule has 0 radical (unpaired) electrons. The lowest BCUT2D eigenvalue weighted by atomic mass is 9.93. The third-order valence-corrected chi connectivity index (χ3v) is 6.14. The fourth-order valence-corrected chi connectivity index (χ4v) is 3.74. The molecule has 0 saturated carbocycles. The largest absolute Gasteiger partial charge is 0.467 e. The van der Waals surface area contributed by atoms with Gasteiger partial charge in [0.25, 0.3) is 11.1 Å². The molecule has 3 aromatic heterocycles. The molecule has 0 aliphatic carbocycles. The molecular weight excluding hydrogens is 598 g/mol. The van der Waals surface area contributed by atoms with E-state index < -0.39 is 0 Å². The first-order valence-electron chi connectivity index (χ1n) is 14.0. The van der Waals surface area contributed by atoms with E-state index in [0.29, 0.717) is 40.1 Å². The average molecular weight is 642 g/mol. The van der Waals surface area contributed by atoms with E-state index in [1.54, 1.807) is 25.3 Å². The summed E-state index contributed by atoms with van der Waals surface area (Å²) in [6.07, 6.45) is 1.80. The SMILES string of the molecule is COc1nc(NC(C)C)nc(NC(C)C)n1.CSc1nnc(C(C)(C)C)c(=O)n1N.Cc1nnc(-c2ccccc2)c(=O)n1N. The number of ether oxygens (including phenoxy) is 1. The summed E-state index contributed by atoms with van der Waals surface area (Å²) in [6, 6.07) is 9.95. The summed E-state index contributed by atoms with van der Waals surface area (Å²) in [7, 11) is 1.54. The highest BCUT2D eigenvalue weighted by Crippen LogP contribution is 2.16. The lowest BCUT2D eigenvalue weighted by Gasteiger charge is -2.16. The van der Waals surface area contributed by atoms with Gasteiger partial charge >= 0.3 is 6.01 Å². The van der Waals surface area contributed by atoms with Crippen LogP contribution in [0.25, 0.3) is 11.3 Å². The van der Waals surface area contributed by atoms with Gasteiger partial charge < -0.3 is 27.1 Å². The standard InChI is InChI=1S/C10H19N5O.C10H10N4O.C8H14N4OS/c1-6(2)11-8-13-9(12-7(3)4)15-10(14-8)16-5;1-7-12-13-9(10(15)14(7)11)8-5-3-2-4-6-8;1-8(2,3)5-6(13)12(9)7(14-4)11-10-5/h6-7H,1-5H3,(H2,11,12,13,14,15);2-6H,11H2,1H3;9H2,1-4H3. The molecule has 0 aliphatic heterocycles. The molecule has 6 N–H and O–H groups in total. The van der Waals surface area contributed by atoms with E-state index >= 15 is 0 Å². The van der Waals surface area contributed by atoms with E-state index in [-0.39, 0.29) is 34.3 Å². The molecule has 0 unspecified atom stereocenters. The molecule has 1 aromatic carbocycles. The van der Waals surface area contributed by atoms with Gasteiger partial charge in [0.2, 0.25) is 17.1 Å². The maximum absolute atomic E-state index is 11.7. The van der Waals surface area contributed by atoms with Crippen molar-refractivity contribution in [2.24, 2.45) is 0 Å². The van der Waals surface area contributed by atoms with Crippen molar-refractivity contribution in [3.05, 3.63) is 62.6 Å². The molecule has 0 fully saturated rings. The number of rotatable bonds is 7. The number of hydrogen-bond acceptors (Lipinski definition) is 15. The monoisotopic (exact) mass is 641 g/mol. The first-order chi connectivity index (χ1) is 21.1. The molecule has 3 heterocycles. The molecule has 0 atom stereocenters. The van der Waals surface area contributed by atoms with Crippen LogP contribution in [0.4, 0.5) is 11.9 Å². The number of nitrogens with one attached hydrogen (secondary N) is 2. The van der Waals surface area contributed by atoms with Crippen molar-refractivity contribution in [3.8, 4) is 17.3 Å². The summed E-state index contributed by atoms with van der Waals surface area (Å²) in [5, 5.41) is 22.1. The molecule has 4 aromatic rings. The van der Waals surface area contributed by atoms with Crippen LogP contribution < -0.4 is 38.2 Å². The van der Waals surface area contributed by atoms with E-state index in [1.165, 1.54) is 18.9 Å². The van der Waals surface area contributed by atoms with Crippen molar-refractivity contribution in [1.29, 1.82) is 0 Å². The van der Waals surface area contributed by atoms with Gasteiger partial charge in [0.05, 0.1) is 7.11 Å². The zero-order valence-electron chi connectivity index (χ0n) is 27.4. The smallest absolute Gasteiger partial charge is 0.322 e. The second kappa shape index (κ2) is 16.3. The summed E-state index contributed by atoms with van der Waals surface area (Å²) in [5.41, 5.74) is 0.420. The Morgan fingerprint density at radius 1 is 0.822 bits per heavy atom. The van der Waals surface area contributed by atoms with Gasteiger partial charge in [-0.1, -0.05) is 62.9 Å². The maximum atomic E-state index is 11.7. The number of nitrogen functional groups attached to an aromatic ring is 2. The Labute approximate surface area is 266 Å². The number of aryl methyl sites for hydroxylation is 1. The van der Waals surface area contributed by atoms with Crippen LogP contribution in [0.5, 0.6) is 6.01 Å². The fraction of sp³-hybridized carbons (Fsp3) is 0.464. The Bertz CT molecular complexity index is 1620. The minimum absolute atomic E-state index is 0.263. The molecule has 0 spiro atoms. The van der Waals surface area contributed by atoms with Crippen molar-refractivity contribution >= 4 is 23.7 Å². The third kappa shape index (κ3) is 10.7. The van der Waals surface area contributed by atoms with Crippen molar-refractivity contribution in [2.45, 2.75) is 78.0 Å². The molecule has 0 amide bonds. The molecule has 0 bridgehead atoms. The highest BCUT2D eigenvalue weighted by molar-refractivity contribution is 7.98. The quantitative estimate of drug-likeness (QED) is 0.168. The number of anilines is 2. The Morgan fingerprint density at radius 3 is 1.84 bits per heavy atom. The van der Waals surface area contributed by atoms with E-state index in [0.717, 1.165) is 9.35 Å². The summed E-state index contributed by atoms with van der Waals surface area (Å²) in [4.78, 5) is 35.9. The van der Waals surface area contributed by atoms with Crippen molar-refractivity contribution < 1.29 is 4.74 Å². The van der Waals surface area contributed by atoms with Crippen LogP contribution in [0, 0.1) is 6.92 Å².